The first-order chi connectivity index (χ1) is 30.7. The standard InChI is InChI=1S/2C30H22O.2CH4.Ti/c2*31-30-28(24-17-9-3-10-18-24)26(22-13-5-1-6-14-22)21-27(23-15-7-2-8-16-23)29(30)25-19-11-4-12-20-25;;;/h2*1-21,31H;2*1H4;/q;;;;+2/p-2. The molecule has 0 radical (unpaired) electrons. The molecule has 0 aliphatic carbocycles. The van der Waals surface area contributed by atoms with Crippen molar-refractivity contribution in [3.63, 3.8) is 0 Å². The third-order valence-corrected chi connectivity index (χ3v) is 11.2. The number of hydrogen-bond acceptors (Lipinski definition) is 2. The first-order valence-corrected chi connectivity index (χ1v) is 20.8. The zero-order chi connectivity index (χ0) is 42.1. The maximum atomic E-state index is 14.2. The Morgan fingerprint density at radius 2 is 0.338 bits per heavy atom. The van der Waals surface area contributed by atoms with Gasteiger partial charge in [0.25, 0.3) is 0 Å². The monoisotopic (exact) mass is 874 g/mol. The van der Waals surface area contributed by atoms with Gasteiger partial charge in [-0.15, -0.1) is 0 Å². The van der Waals surface area contributed by atoms with E-state index in [4.69, 9.17) is 0 Å². The molecule has 0 saturated carbocycles. The largest absolute Gasteiger partial charge is 2.00 e. The van der Waals surface area contributed by atoms with Gasteiger partial charge in [0.05, 0.1) is 0 Å². The van der Waals surface area contributed by atoms with Crippen LogP contribution < -0.4 is 10.2 Å². The molecule has 0 heterocycles. The molecule has 0 amide bonds. The average Bonchev–Trinajstić information content (AvgIpc) is 3.35. The number of rotatable bonds is 8. The SMILES string of the molecule is C.C.[O-]c1c(-c2ccccc2)c(-c2ccccc2)cc(-c2ccccc2)c1-c1ccccc1.[O-]c1c(-c2ccccc2)c(-c2ccccc2)cc(-c2ccccc2)c1-c1ccccc1.[Ti+2]. The summed E-state index contributed by atoms with van der Waals surface area (Å²) in [6, 6.07) is 84.9. The molecule has 0 unspecified atom stereocenters. The summed E-state index contributed by atoms with van der Waals surface area (Å²) < 4.78 is 0. The quantitative estimate of drug-likeness (QED) is 0.143. The molecule has 0 fully saturated rings. The molecular weight excluding hydrogens is 825 g/mol. The van der Waals surface area contributed by atoms with Gasteiger partial charge < -0.3 is 10.2 Å². The second-order valence-electron chi connectivity index (χ2n) is 15.0. The molecule has 0 N–H and O–H groups in total. The summed E-state index contributed by atoms with van der Waals surface area (Å²) in [5.74, 6) is 0.107. The average molecular weight is 875 g/mol. The van der Waals surface area contributed by atoms with Crippen LogP contribution in [0.25, 0.3) is 89.0 Å². The van der Waals surface area contributed by atoms with Crippen LogP contribution >= 0.6 is 0 Å². The molecule has 10 aromatic carbocycles. The van der Waals surface area contributed by atoms with E-state index in [1.54, 1.807) is 0 Å². The molecule has 10 aromatic rings. The minimum absolute atomic E-state index is 0. The molecule has 0 aliphatic heterocycles. The predicted molar refractivity (Wildman–Crippen MR) is 269 cm³/mol. The van der Waals surface area contributed by atoms with Crippen molar-refractivity contribution in [3.05, 3.63) is 255 Å². The molecule has 3 heteroatoms. The first-order valence-electron chi connectivity index (χ1n) is 20.8. The zero-order valence-corrected chi connectivity index (χ0v) is 36.1. The van der Waals surface area contributed by atoms with Crippen LogP contribution in [-0.4, -0.2) is 0 Å². The molecule has 0 saturated heterocycles. The molecular formula is C62H50O2Ti. The smallest absolute Gasteiger partial charge is 0.872 e. The second kappa shape index (κ2) is 22.2. The summed E-state index contributed by atoms with van der Waals surface area (Å²) in [6.45, 7) is 0. The molecule has 10 rings (SSSR count). The summed E-state index contributed by atoms with van der Waals surface area (Å²) in [5, 5.41) is 28.3. The van der Waals surface area contributed by atoms with Gasteiger partial charge in [-0.2, -0.15) is 0 Å². The molecule has 0 bridgehead atoms. The van der Waals surface area contributed by atoms with E-state index in [1.165, 1.54) is 0 Å². The van der Waals surface area contributed by atoms with Gasteiger partial charge in [0.2, 0.25) is 0 Å². The Morgan fingerprint density at radius 1 is 0.200 bits per heavy atom. The van der Waals surface area contributed by atoms with Crippen LogP contribution in [0, 0.1) is 0 Å². The molecule has 2 nitrogen and oxygen atoms in total. The Morgan fingerprint density at radius 3 is 0.492 bits per heavy atom. The van der Waals surface area contributed by atoms with E-state index in [0.717, 1.165) is 89.0 Å². The summed E-state index contributed by atoms with van der Waals surface area (Å²) in [6.07, 6.45) is 0. The van der Waals surface area contributed by atoms with E-state index >= 15 is 0 Å². The van der Waals surface area contributed by atoms with E-state index in [9.17, 15) is 10.2 Å². The fraction of sp³-hybridized carbons (Fsp3) is 0.0323. The summed E-state index contributed by atoms with van der Waals surface area (Å²) in [5.41, 5.74) is 14.7. The van der Waals surface area contributed by atoms with Crippen molar-refractivity contribution in [3.8, 4) is 101 Å². The minimum Gasteiger partial charge on any atom is -0.872 e. The van der Waals surface area contributed by atoms with Gasteiger partial charge in [-0.1, -0.05) is 269 Å². The number of benzene rings is 10. The molecule has 0 aliphatic rings. The Kier molecular flexibility index (Phi) is 16.1. The van der Waals surface area contributed by atoms with Crippen molar-refractivity contribution in [2.75, 3.05) is 0 Å². The van der Waals surface area contributed by atoms with E-state index in [-0.39, 0.29) is 48.1 Å². The van der Waals surface area contributed by atoms with E-state index in [2.05, 4.69) is 60.7 Å². The maximum Gasteiger partial charge on any atom is 2.00 e. The first kappa shape index (κ1) is 47.0. The topological polar surface area (TPSA) is 46.1 Å². The van der Waals surface area contributed by atoms with Crippen molar-refractivity contribution in [1.82, 2.24) is 0 Å². The Balaban J connectivity index is 0.000000206. The third-order valence-electron chi connectivity index (χ3n) is 11.2. The van der Waals surface area contributed by atoms with Gasteiger partial charge in [-0.25, -0.2) is 0 Å². The Labute approximate surface area is 399 Å². The Bertz CT molecular complexity index is 2600. The molecule has 314 valence electrons. The van der Waals surface area contributed by atoms with Crippen molar-refractivity contribution in [1.29, 1.82) is 0 Å². The van der Waals surface area contributed by atoms with E-state index < -0.39 is 0 Å². The number of hydrogen-bond donors (Lipinski definition) is 0. The third kappa shape index (κ3) is 10.2. The van der Waals surface area contributed by atoms with Crippen LogP contribution in [0.1, 0.15) is 14.9 Å². The van der Waals surface area contributed by atoms with Gasteiger partial charge in [0.15, 0.2) is 0 Å². The van der Waals surface area contributed by atoms with Gasteiger partial charge in [-0.3, -0.25) is 0 Å². The predicted octanol–water partition coefficient (Wildman–Crippen LogP) is 16.1. The van der Waals surface area contributed by atoms with Crippen molar-refractivity contribution in [2.45, 2.75) is 14.9 Å². The Hall–Kier alpha value is -7.49. The second-order valence-corrected chi connectivity index (χ2v) is 15.0. The van der Waals surface area contributed by atoms with Gasteiger partial charge in [-0.05, 0) is 101 Å². The molecule has 0 spiro atoms. The van der Waals surface area contributed by atoms with Crippen LogP contribution in [0.3, 0.4) is 0 Å². The summed E-state index contributed by atoms with van der Waals surface area (Å²) in [7, 11) is 0. The fourth-order valence-electron chi connectivity index (χ4n) is 8.26. The van der Waals surface area contributed by atoms with Gasteiger partial charge in [0.1, 0.15) is 0 Å². The molecule has 65 heavy (non-hydrogen) atoms. The van der Waals surface area contributed by atoms with Crippen LogP contribution in [0.15, 0.2) is 255 Å². The van der Waals surface area contributed by atoms with Gasteiger partial charge >= 0.3 is 21.7 Å². The van der Waals surface area contributed by atoms with Gasteiger partial charge in [0, 0.05) is 0 Å². The van der Waals surface area contributed by atoms with E-state index in [0.29, 0.717) is 0 Å². The molecule has 0 atom stereocenters. The maximum absolute atomic E-state index is 14.2. The van der Waals surface area contributed by atoms with Crippen LogP contribution in [-0.2, 0) is 21.7 Å². The van der Waals surface area contributed by atoms with Crippen molar-refractivity contribution in [2.24, 2.45) is 0 Å². The normalized spacial score (nSPS) is 10.2. The fourth-order valence-corrected chi connectivity index (χ4v) is 8.26. The molecule has 0 aromatic heterocycles. The summed E-state index contributed by atoms with van der Waals surface area (Å²) in [4.78, 5) is 0. The summed E-state index contributed by atoms with van der Waals surface area (Å²) >= 11 is 0. The van der Waals surface area contributed by atoms with Crippen LogP contribution in [0.4, 0.5) is 0 Å². The van der Waals surface area contributed by atoms with Crippen LogP contribution in [0.5, 0.6) is 11.5 Å². The van der Waals surface area contributed by atoms with Crippen LogP contribution in [0.2, 0.25) is 0 Å². The minimum atomic E-state index is 0. The zero-order valence-electron chi connectivity index (χ0n) is 34.6. The van der Waals surface area contributed by atoms with Crippen molar-refractivity contribution < 1.29 is 31.9 Å². The van der Waals surface area contributed by atoms with E-state index in [1.807, 2.05) is 194 Å². The van der Waals surface area contributed by atoms with Crippen molar-refractivity contribution >= 4 is 0 Å².